The van der Waals surface area contributed by atoms with E-state index in [-0.39, 0.29) is 5.69 Å². The van der Waals surface area contributed by atoms with Crippen LogP contribution in [0.25, 0.3) is 0 Å². The van der Waals surface area contributed by atoms with E-state index in [9.17, 15) is 24.0 Å². The summed E-state index contributed by atoms with van der Waals surface area (Å²) in [5.41, 5.74) is -3.45. The minimum Gasteiger partial charge on any atom is -0.388 e. The lowest BCUT2D eigenvalue weighted by Crippen LogP contribution is -2.51. The fraction of sp³-hybridized carbons (Fsp3) is 0.500. The molecule has 0 radical (unpaired) electrons. The second kappa shape index (κ2) is 4.73. The van der Waals surface area contributed by atoms with E-state index in [4.69, 9.17) is 0 Å². The minimum absolute atomic E-state index is 0.311. The Labute approximate surface area is 109 Å². The van der Waals surface area contributed by atoms with Gasteiger partial charge in [-0.1, -0.05) is 0 Å². The van der Waals surface area contributed by atoms with Crippen LogP contribution >= 0.6 is 0 Å². The van der Waals surface area contributed by atoms with Crippen LogP contribution in [-0.4, -0.2) is 21.2 Å². The van der Waals surface area contributed by atoms with Crippen LogP contribution in [0.2, 0.25) is 0 Å². The molecule has 19 heavy (non-hydrogen) atoms. The number of nitrogens with zero attached hydrogens (tertiary/aromatic N) is 1. The Kier molecular flexibility index (Phi) is 3.81. The van der Waals surface area contributed by atoms with E-state index >= 15 is 0 Å². The van der Waals surface area contributed by atoms with Crippen LogP contribution in [0.3, 0.4) is 0 Å². The predicted molar refractivity (Wildman–Crippen MR) is 67.0 cm³/mol. The van der Waals surface area contributed by atoms with Crippen LogP contribution < -0.4 is 5.32 Å². The maximum absolute atomic E-state index is 13.4. The van der Waals surface area contributed by atoms with Crippen molar-refractivity contribution >= 4 is 11.4 Å². The maximum Gasteiger partial charge on any atom is 0.327 e. The summed E-state index contributed by atoms with van der Waals surface area (Å²) in [6.45, 7) is 6.11. The van der Waals surface area contributed by atoms with Gasteiger partial charge in [-0.05, 0) is 27.7 Å². The van der Waals surface area contributed by atoms with Gasteiger partial charge in [-0.2, -0.15) is 4.39 Å². The van der Waals surface area contributed by atoms with Crippen molar-refractivity contribution < 1.29 is 18.8 Å². The van der Waals surface area contributed by atoms with Crippen molar-refractivity contribution in [2.45, 2.75) is 38.8 Å². The molecule has 0 aromatic heterocycles. The Hall–Kier alpha value is -1.76. The molecule has 0 saturated carbocycles. The molecular formula is C12H16F2N2O3. The van der Waals surface area contributed by atoms with E-state index in [1.165, 1.54) is 13.8 Å². The molecule has 106 valence electrons. The van der Waals surface area contributed by atoms with Crippen LogP contribution in [0.5, 0.6) is 0 Å². The van der Waals surface area contributed by atoms with E-state index in [0.717, 1.165) is 6.07 Å². The van der Waals surface area contributed by atoms with Crippen LogP contribution in [0, 0.1) is 21.7 Å². The van der Waals surface area contributed by atoms with Crippen molar-refractivity contribution in [3.63, 3.8) is 0 Å². The van der Waals surface area contributed by atoms with Gasteiger partial charge in [0.1, 0.15) is 11.5 Å². The highest BCUT2D eigenvalue weighted by Gasteiger charge is 2.37. The highest BCUT2D eigenvalue weighted by Crippen LogP contribution is 2.33. The Bertz CT molecular complexity index is 510. The molecule has 0 amide bonds. The summed E-state index contributed by atoms with van der Waals surface area (Å²) in [5, 5.41) is 23.4. The lowest BCUT2D eigenvalue weighted by atomic mass is 9.85. The zero-order valence-corrected chi connectivity index (χ0v) is 11.1. The summed E-state index contributed by atoms with van der Waals surface area (Å²) in [7, 11) is 0. The van der Waals surface area contributed by atoms with Crippen LogP contribution in [0.15, 0.2) is 12.1 Å². The number of halogens is 2. The zero-order chi connectivity index (χ0) is 15.0. The lowest BCUT2D eigenvalue weighted by Gasteiger charge is -2.38. The number of nitrogens with one attached hydrogen (secondary N) is 1. The Morgan fingerprint density at radius 3 is 2.21 bits per heavy atom. The number of benzene rings is 1. The summed E-state index contributed by atoms with van der Waals surface area (Å²) in [4.78, 5) is 9.90. The first-order valence-electron chi connectivity index (χ1n) is 5.60. The van der Waals surface area contributed by atoms with Crippen molar-refractivity contribution in [2.75, 3.05) is 5.32 Å². The van der Waals surface area contributed by atoms with Gasteiger partial charge in [0.2, 0.25) is 5.82 Å². The number of hydrogen-bond donors (Lipinski definition) is 2. The molecule has 0 aliphatic heterocycles. The summed E-state index contributed by atoms with van der Waals surface area (Å²) < 4.78 is 26.6. The fourth-order valence-corrected chi connectivity index (χ4v) is 1.34. The Morgan fingerprint density at radius 1 is 1.26 bits per heavy atom. The predicted octanol–water partition coefficient (Wildman–Crippen LogP) is 2.83. The standard InChI is InChI=1S/C12H16F2N2O3/c1-11(2,12(3,4)17)15-9-6-7(13)5-8(14)10(9)16(18)19/h5-6,15,17H,1-4H3. The van der Waals surface area contributed by atoms with Gasteiger partial charge in [0, 0.05) is 12.1 Å². The third-order valence-corrected chi connectivity index (χ3v) is 3.19. The molecule has 1 aromatic carbocycles. The number of nitro groups is 1. The molecule has 2 N–H and O–H groups in total. The maximum atomic E-state index is 13.4. The lowest BCUT2D eigenvalue weighted by molar-refractivity contribution is -0.386. The Balaban J connectivity index is 3.32. The quantitative estimate of drug-likeness (QED) is 0.654. The number of rotatable bonds is 4. The zero-order valence-electron chi connectivity index (χ0n) is 11.1. The average molecular weight is 274 g/mol. The van der Waals surface area contributed by atoms with Crippen LogP contribution in [-0.2, 0) is 0 Å². The van der Waals surface area contributed by atoms with E-state index in [2.05, 4.69) is 5.32 Å². The normalized spacial score (nSPS) is 12.4. The number of nitro benzene ring substituents is 1. The molecule has 0 aliphatic carbocycles. The minimum atomic E-state index is -1.26. The SMILES string of the molecule is CC(C)(O)C(C)(C)Nc1cc(F)cc(F)c1[N+](=O)[O-]. The monoisotopic (exact) mass is 274 g/mol. The highest BCUT2D eigenvalue weighted by atomic mass is 19.1. The molecule has 1 rings (SSSR count). The first-order valence-corrected chi connectivity index (χ1v) is 5.60. The van der Waals surface area contributed by atoms with E-state index in [1.807, 2.05) is 0 Å². The third kappa shape index (κ3) is 3.17. The smallest absolute Gasteiger partial charge is 0.327 e. The molecule has 0 atom stereocenters. The first-order chi connectivity index (χ1) is 8.45. The molecule has 5 nitrogen and oxygen atoms in total. The van der Waals surface area contributed by atoms with Crippen molar-refractivity contribution in [3.8, 4) is 0 Å². The van der Waals surface area contributed by atoms with E-state index in [0.29, 0.717) is 6.07 Å². The Morgan fingerprint density at radius 2 is 1.79 bits per heavy atom. The molecule has 7 heteroatoms. The van der Waals surface area contributed by atoms with Gasteiger partial charge in [0.25, 0.3) is 0 Å². The van der Waals surface area contributed by atoms with Gasteiger partial charge in [-0.3, -0.25) is 10.1 Å². The van der Waals surface area contributed by atoms with Gasteiger partial charge in [0.15, 0.2) is 0 Å². The van der Waals surface area contributed by atoms with Gasteiger partial charge in [-0.15, -0.1) is 0 Å². The summed E-state index contributed by atoms with van der Waals surface area (Å²) in [6.07, 6.45) is 0. The molecule has 0 unspecified atom stereocenters. The number of aliphatic hydroxyl groups is 1. The van der Waals surface area contributed by atoms with E-state index in [1.54, 1.807) is 13.8 Å². The molecule has 0 spiro atoms. The van der Waals surface area contributed by atoms with Gasteiger partial charge in [-0.25, -0.2) is 4.39 Å². The molecule has 0 aliphatic rings. The molecule has 0 saturated heterocycles. The third-order valence-electron chi connectivity index (χ3n) is 3.19. The number of anilines is 1. The topological polar surface area (TPSA) is 75.4 Å². The summed E-state index contributed by atoms with van der Waals surface area (Å²) in [5.74, 6) is -2.20. The van der Waals surface area contributed by atoms with E-state index < -0.39 is 33.4 Å². The largest absolute Gasteiger partial charge is 0.388 e. The fourth-order valence-electron chi connectivity index (χ4n) is 1.34. The van der Waals surface area contributed by atoms with Crippen molar-refractivity contribution in [1.29, 1.82) is 0 Å². The van der Waals surface area contributed by atoms with Gasteiger partial charge < -0.3 is 10.4 Å². The number of hydrogen-bond acceptors (Lipinski definition) is 4. The second-order valence-electron chi connectivity index (χ2n) is 5.35. The van der Waals surface area contributed by atoms with Crippen LogP contribution in [0.1, 0.15) is 27.7 Å². The van der Waals surface area contributed by atoms with Crippen molar-refractivity contribution in [3.05, 3.63) is 33.9 Å². The molecule has 0 heterocycles. The first kappa shape index (κ1) is 15.3. The van der Waals surface area contributed by atoms with Crippen molar-refractivity contribution in [1.82, 2.24) is 0 Å². The van der Waals surface area contributed by atoms with Crippen molar-refractivity contribution in [2.24, 2.45) is 0 Å². The summed E-state index contributed by atoms with van der Waals surface area (Å²) >= 11 is 0. The average Bonchev–Trinajstić information content (AvgIpc) is 2.12. The molecule has 0 bridgehead atoms. The molecular weight excluding hydrogens is 258 g/mol. The van der Waals surface area contributed by atoms with Gasteiger partial charge in [0.05, 0.1) is 16.1 Å². The molecule has 1 aromatic rings. The highest BCUT2D eigenvalue weighted by molar-refractivity contribution is 5.63. The molecule has 0 fully saturated rings. The summed E-state index contributed by atoms with van der Waals surface area (Å²) in [6, 6.07) is 1.27. The van der Waals surface area contributed by atoms with Crippen LogP contribution in [0.4, 0.5) is 20.2 Å². The van der Waals surface area contributed by atoms with Gasteiger partial charge >= 0.3 is 5.69 Å². The second-order valence-corrected chi connectivity index (χ2v) is 5.35.